The Balaban J connectivity index is 2.55. The average Bonchev–Trinajstić information content (AvgIpc) is 2.15. The zero-order chi connectivity index (χ0) is 13.1. The smallest absolute Gasteiger partial charge is 0.0294 e. The van der Waals surface area contributed by atoms with E-state index in [2.05, 4.69) is 65.1 Å². The Bertz CT molecular complexity index is 360. The van der Waals surface area contributed by atoms with E-state index >= 15 is 0 Å². The average molecular weight is 233 g/mol. The van der Waals surface area contributed by atoms with Crippen molar-refractivity contribution in [1.82, 2.24) is 5.32 Å². The molecule has 1 atom stereocenters. The number of aryl methyl sites for hydroxylation is 2. The minimum absolute atomic E-state index is 0.412. The third-order valence-electron chi connectivity index (χ3n) is 3.22. The molecule has 0 aliphatic carbocycles. The van der Waals surface area contributed by atoms with E-state index in [1.54, 1.807) is 0 Å². The van der Waals surface area contributed by atoms with Gasteiger partial charge in [-0.15, -0.1) is 0 Å². The van der Waals surface area contributed by atoms with Gasteiger partial charge in [0.2, 0.25) is 0 Å². The summed E-state index contributed by atoms with van der Waals surface area (Å²) < 4.78 is 0. The fourth-order valence-corrected chi connectivity index (χ4v) is 2.09. The van der Waals surface area contributed by atoms with Gasteiger partial charge in [0.1, 0.15) is 0 Å². The Morgan fingerprint density at radius 3 is 2.35 bits per heavy atom. The standard InChI is InChI=1S/C16H27N/c1-12-7-8-15(13(2)11-12)14(3)17-10-9-16(4,5)6/h7-8,11,14,17H,9-10H2,1-6H3. The largest absolute Gasteiger partial charge is 0.310 e. The number of benzene rings is 1. The number of nitrogens with one attached hydrogen (secondary N) is 1. The van der Waals surface area contributed by atoms with Gasteiger partial charge in [0.25, 0.3) is 0 Å². The number of hydrogen-bond donors (Lipinski definition) is 1. The second-order valence-corrected chi connectivity index (χ2v) is 6.35. The molecule has 0 aliphatic rings. The van der Waals surface area contributed by atoms with Crippen LogP contribution in [-0.4, -0.2) is 6.54 Å². The maximum Gasteiger partial charge on any atom is 0.0294 e. The Hall–Kier alpha value is -0.820. The van der Waals surface area contributed by atoms with E-state index in [1.807, 2.05) is 0 Å². The van der Waals surface area contributed by atoms with E-state index in [0.717, 1.165) is 6.54 Å². The monoisotopic (exact) mass is 233 g/mol. The Kier molecular flexibility index (Phi) is 4.76. The van der Waals surface area contributed by atoms with Crippen LogP contribution in [0.4, 0.5) is 0 Å². The van der Waals surface area contributed by atoms with Crippen LogP contribution in [-0.2, 0) is 0 Å². The topological polar surface area (TPSA) is 12.0 Å². The maximum absolute atomic E-state index is 3.62. The molecule has 1 heteroatoms. The zero-order valence-corrected chi connectivity index (χ0v) is 12.2. The lowest BCUT2D eigenvalue weighted by Crippen LogP contribution is -2.24. The van der Waals surface area contributed by atoms with E-state index in [0.29, 0.717) is 11.5 Å². The lowest BCUT2D eigenvalue weighted by Gasteiger charge is -2.22. The lowest BCUT2D eigenvalue weighted by molar-refractivity contribution is 0.358. The highest BCUT2D eigenvalue weighted by Gasteiger charge is 2.12. The Morgan fingerprint density at radius 2 is 1.82 bits per heavy atom. The van der Waals surface area contributed by atoms with Gasteiger partial charge in [0, 0.05) is 6.04 Å². The Labute approximate surface area is 107 Å². The molecule has 0 aromatic heterocycles. The Morgan fingerprint density at radius 1 is 1.18 bits per heavy atom. The molecule has 0 aliphatic heterocycles. The summed E-state index contributed by atoms with van der Waals surface area (Å²) in [5.74, 6) is 0. The van der Waals surface area contributed by atoms with E-state index in [1.165, 1.54) is 23.1 Å². The highest BCUT2D eigenvalue weighted by molar-refractivity contribution is 5.32. The van der Waals surface area contributed by atoms with Crippen molar-refractivity contribution in [1.29, 1.82) is 0 Å². The summed E-state index contributed by atoms with van der Waals surface area (Å²) in [5, 5.41) is 3.62. The predicted molar refractivity (Wildman–Crippen MR) is 76.4 cm³/mol. The molecular weight excluding hydrogens is 206 g/mol. The van der Waals surface area contributed by atoms with Crippen molar-refractivity contribution in [2.75, 3.05) is 6.54 Å². The summed E-state index contributed by atoms with van der Waals surface area (Å²) >= 11 is 0. The van der Waals surface area contributed by atoms with Crippen LogP contribution in [0.15, 0.2) is 18.2 Å². The molecule has 1 nitrogen and oxygen atoms in total. The summed E-state index contributed by atoms with van der Waals surface area (Å²) in [6.07, 6.45) is 1.21. The highest BCUT2D eigenvalue weighted by Crippen LogP contribution is 2.21. The molecule has 0 bridgehead atoms. The van der Waals surface area contributed by atoms with Gasteiger partial charge in [-0.3, -0.25) is 0 Å². The first kappa shape index (κ1) is 14.2. The summed E-state index contributed by atoms with van der Waals surface area (Å²) in [5.41, 5.74) is 4.56. The molecule has 0 saturated carbocycles. The van der Waals surface area contributed by atoms with Crippen LogP contribution in [0.3, 0.4) is 0 Å². The number of hydrogen-bond acceptors (Lipinski definition) is 1. The molecule has 96 valence electrons. The van der Waals surface area contributed by atoms with Crippen molar-refractivity contribution < 1.29 is 0 Å². The molecular formula is C16H27N. The molecule has 0 radical (unpaired) electrons. The first-order valence-corrected chi connectivity index (χ1v) is 6.60. The molecule has 0 heterocycles. The van der Waals surface area contributed by atoms with Crippen LogP contribution in [0.1, 0.15) is 56.8 Å². The molecule has 1 N–H and O–H groups in total. The van der Waals surface area contributed by atoms with Gasteiger partial charge in [-0.05, 0) is 50.3 Å². The molecule has 0 amide bonds. The fraction of sp³-hybridized carbons (Fsp3) is 0.625. The molecule has 0 fully saturated rings. The van der Waals surface area contributed by atoms with Crippen LogP contribution >= 0.6 is 0 Å². The van der Waals surface area contributed by atoms with Crippen LogP contribution in [0.25, 0.3) is 0 Å². The van der Waals surface area contributed by atoms with Crippen molar-refractivity contribution in [2.45, 2.75) is 54.0 Å². The normalized spacial score (nSPS) is 13.8. The molecule has 1 rings (SSSR count). The predicted octanol–water partition coefficient (Wildman–Crippen LogP) is 4.39. The lowest BCUT2D eigenvalue weighted by atomic mass is 9.92. The van der Waals surface area contributed by atoms with Gasteiger partial charge < -0.3 is 5.32 Å². The van der Waals surface area contributed by atoms with Crippen LogP contribution in [0.2, 0.25) is 0 Å². The first-order chi connectivity index (χ1) is 7.79. The van der Waals surface area contributed by atoms with E-state index in [9.17, 15) is 0 Å². The molecule has 0 spiro atoms. The molecule has 1 unspecified atom stereocenters. The summed E-state index contributed by atoms with van der Waals surface area (Å²) in [7, 11) is 0. The minimum Gasteiger partial charge on any atom is -0.310 e. The van der Waals surface area contributed by atoms with Gasteiger partial charge in [-0.25, -0.2) is 0 Å². The van der Waals surface area contributed by atoms with Gasteiger partial charge in [-0.2, -0.15) is 0 Å². The summed E-state index contributed by atoms with van der Waals surface area (Å²) in [4.78, 5) is 0. The van der Waals surface area contributed by atoms with Gasteiger partial charge >= 0.3 is 0 Å². The van der Waals surface area contributed by atoms with E-state index < -0.39 is 0 Å². The van der Waals surface area contributed by atoms with E-state index in [4.69, 9.17) is 0 Å². The quantitative estimate of drug-likeness (QED) is 0.813. The van der Waals surface area contributed by atoms with Crippen LogP contribution in [0.5, 0.6) is 0 Å². The van der Waals surface area contributed by atoms with Crippen molar-refractivity contribution >= 4 is 0 Å². The number of rotatable bonds is 4. The maximum atomic E-state index is 3.62. The van der Waals surface area contributed by atoms with Gasteiger partial charge in [0.05, 0.1) is 0 Å². The molecule has 1 aromatic carbocycles. The third kappa shape index (κ3) is 4.91. The third-order valence-corrected chi connectivity index (χ3v) is 3.22. The van der Waals surface area contributed by atoms with Crippen molar-refractivity contribution in [3.05, 3.63) is 34.9 Å². The molecule has 1 aromatic rings. The SMILES string of the molecule is Cc1ccc(C(C)NCCC(C)(C)C)c(C)c1. The van der Waals surface area contributed by atoms with Crippen molar-refractivity contribution in [3.63, 3.8) is 0 Å². The van der Waals surface area contributed by atoms with Crippen molar-refractivity contribution in [2.24, 2.45) is 5.41 Å². The van der Waals surface area contributed by atoms with Crippen LogP contribution < -0.4 is 5.32 Å². The highest BCUT2D eigenvalue weighted by atomic mass is 14.9. The fourth-order valence-electron chi connectivity index (χ4n) is 2.09. The first-order valence-electron chi connectivity index (χ1n) is 6.60. The summed E-state index contributed by atoms with van der Waals surface area (Å²) in [6, 6.07) is 7.15. The zero-order valence-electron chi connectivity index (χ0n) is 12.2. The van der Waals surface area contributed by atoms with Gasteiger partial charge in [0.15, 0.2) is 0 Å². The van der Waals surface area contributed by atoms with E-state index in [-0.39, 0.29) is 0 Å². The van der Waals surface area contributed by atoms with Crippen molar-refractivity contribution in [3.8, 4) is 0 Å². The molecule has 17 heavy (non-hydrogen) atoms. The minimum atomic E-state index is 0.412. The second kappa shape index (κ2) is 5.68. The van der Waals surface area contributed by atoms with Gasteiger partial charge in [-0.1, -0.05) is 44.5 Å². The molecule has 0 saturated heterocycles. The second-order valence-electron chi connectivity index (χ2n) is 6.35. The van der Waals surface area contributed by atoms with Crippen LogP contribution in [0, 0.1) is 19.3 Å². The summed E-state index contributed by atoms with van der Waals surface area (Å²) in [6.45, 7) is 14.5.